The van der Waals surface area contributed by atoms with Gasteiger partial charge in [0.05, 0.1) is 10.9 Å². The largest absolute Gasteiger partial charge is 0.465 e. The van der Waals surface area contributed by atoms with Gasteiger partial charge >= 0.3 is 6.09 Å². The Morgan fingerprint density at radius 3 is 2.56 bits per heavy atom. The molecule has 5 rings (SSSR count). The average molecular weight is 411 g/mol. The second-order valence-corrected chi connectivity index (χ2v) is 10.0. The highest BCUT2D eigenvalue weighted by Crippen LogP contribution is 2.66. The molecule has 1 aromatic carbocycles. The fourth-order valence-electron chi connectivity index (χ4n) is 5.99. The standard InChI is InChI=1S/C20H24Cl2N2O3/c21-19-7-12-6-14(9-19)16(20(22,8-12)11-19)17(13-4-2-1-3-5-13)24-15(25)10-23-18(26)27/h1-5,12,14,16-17,23H,6-11H2,(H,24,25)(H,26,27)/t12-,14+,16-,17?,19+,20+/m1/s1. The zero-order valence-corrected chi connectivity index (χ0v) is 16.5. The van der Waals surface area contributed by atoms with Crippen molar-refractivity contribution in [1.29, 1.82) is 0 Å². The van der Waals surface area contributed by atoms with E-state index < -0.39 is 11.0 Å². The molecule has 4 bridgehead atoms. The normalized spacial score (nSPS) is 37.6. The van der Waals surface area contributed by atoms with Crippen molar-refractivity contribution in [2.24, 2.45) is 17.8 Å². The number of nitrogens with one attached hydrogen (secondary N) is 2. The molecule has 3 N–H and O–H groups in total. The molecule has 0 spiro atoms. The van der Waals surface area contributed by atoms with Gasteiger partial charge < -0.3 is 15.7 Å². The average Bonchev–Trinajstić information content (AvgIpc) is 2.57. The summed E-state index contributed by atoms with van der Waals surface area (Å²) in [7, 11) is 0. The van der Waals surface area contributed by atoms with E-state index in [4.69, 9.17) is 28.3 Å². The fraction of sp³-hybridized carbons (Fsp3) is 0.600. The lowest BCUT2D eigenvalue weighted by Crippen LogP contribution is -2.62. The molecular formula is C20H24Cl2N2O3. The number of hydrogen-bond donors (Lipinski definition) is 3. The highest BCUT2D eigenvalue weighted by atomic mass is 35.5. The maximum Gasteiger partial charge on any atom is 0.405 e. The quantitative estimate of drug-likeness (QED) is 0.643. The molecular weight excluding hydrogens is 387 g/mol. The van der Waals surface area contributed by atoms with Crippen molar-refractivity contribution in [1.82, 2.24) is 10.6 Å². The van der Waals surface area contributed by atoms with Crippen molar-refractivity contribution in [3.63, 3.8) is 0 Å². The van der Waals surface area contributed by atoms with Crippen LogP contribution in [0.4, 0.5) is 4.79 Å². The van der Waals surface area contributed by atoms with E-state index in [1.54, 1.807) is 0 Å². The third-order valence-electron chi connectivity index (χ3n) is 6.50. The first-order valence-corrected chi connectivity index (χ1v) is 10.2. The number of hydrogen-bond acceptors (Lipinski definition) is 2. The molecule has 4 aliphatic rings. The lowest BCUT2D eigenvalue weighted by atomic mass is 9.49. The number of alkyl halides is 2. The molecule has 2 amide bonds. The molecule has 146 valence electrons. The Morgan fingerprint density at radius 2 is 1.93 bits per heavy atom. The van der Waals surface area contributed by atoms with Crippen LogP contribution < -0.4 is 10.6 Å². The molecule has 0 heterocycles. The Bertz CT molecular complexity index is 746. The van der Waals surface area contributed by atoms with Crippen molar-refractivity contribution in [2.75, 3.05) is 6.54 Å². The molecule has 4 saturated carbocycles. The van der Waals surface area contributed by atoms with Crippen LogP contribution in [0.25, 0.3) is 0 Å². The number of benzene rings is 1. The van der Waals surface area contributed by atoms with Gasteiger partial charge in [-0.05, 0) is 49.5 Å². The van der Waals surface area contributed by atoms with Gasteiger partial charge in [-0.1, -0.05) is 30.3 Å². The number of rotatable bonds is 5. The molecule has 5 nitrogen and oxygen atoms in total. The zero-order chi connectivity index (χ0) is 19.2. The molecule has 1 aromatic rings. The van der Waals surface area contributed by atoms with Crippen molar-refractivity contribution in [2.45, 2.75) is 47.9 Å². The first-order chi connectivity index (χ1) is 12.8. The van der Waals surface area contributed by atoms with E-state index in [9.17, 15) is 9.59 Å². The van der Waals surface area contributed by atoms with Crippen LogP contribution in [0.3, 0.4) is 0 Å². The second-order valence-electron chi connectivity index (χ2n) is 8.48. The lowest BCUT2D eigenvalue weighted by molar-refractivity contribution is -0.122. The van der Waals surface area contributed by atoms with Gasteiger partial charge in [0.15, 0.2) is 0 Å². The Kier molecular flexibility index (Phi) is 4.79. The van der Waals surface area contributed by atoms with E-state index in [1.807, 2.05) is 30.3 Å². The van der Waals surface area contributed by atoms with E-state index in [-0.39, 0.29) is 29.3 Å². The van der Waals surface area contributed by atoms with Crippen LogP contribution in [0.1, 0.15) is 43.7 Å². The maximum atomic E-state index is 12.4. The second kappa shape index (κ2) is 6.85. The molecule has 1 unspecified atom stereocenters. The minimum absolute atomic E-state index is 0.0822. The van der Waals surface area contributed by atoms with Crippen LogP contribution in [-0.4, -0.2) is 33.4 Å². The van der Waals surface area contributed by atoms with E-state index in [1.165, 1.54) is 0 Å². The predicted octanol–water partition coefficient (Wildman–Crippen LogP) is 3.91. The minimum atomic E-state index is -1.21. The van der Waals surface area contributed by atoms with E-state index in [2.05, 4.69) is 10.6 Å². The molecule has 0 radical (unpaired) electrons. The lowest BCUT2D eigenvalue weighted by Gasteiger charge is -2.63. The Hall–Kier alpha value is -1.46. The van der Waals surface area contributed by atoms with Gasteiger partial charge in [-0.3, -0.25) is 4.79 Å². The molecule has 27 heavy (non-hydrogen) atoms. The molecule has 6 atom stereocenters. The number of amides is 2. The van der Waals surface area contributed by atoms with Crippen molar-refractivity contribution < 1.29 is 14.7 Å². The maximum absolute atomic E-state index is 12.4. The number of halogens is 2. The van der Waals surface area contributed by atoms with E-state index in [0.717, 1.165) is 37.7 Å². The van der Waals surface area contributed by atoms with Crippen LogP contribution in [-0.2, 0) is 4.79 Å². The molecule has 7 heteroatoms. The molecule has 4 aliphatic carbocycles. The summed E-state index contributed by atoms with van der Waals surface area (Å²) in [5, 5.41) is 14.0. The summed E-state index contributed by atoms with van der Waals surface area (Å²) < 4.78 is 0. The van der Waals surface area contributed by atoms with E-state index in [0.29, 0.717) is 11.8 Å². The number of carbonyl (C=O) groups excluding carboxylic acids is 1. The van der Waals surface area contributed by atoms with Crippen LogP contribution in [0.2, 0.25) is 0 Å². The Morgan fingerprint density at radius 1 is 1.19 bits per heavy atom. The first kappa shape index (κ1) is 18.9. The third kappa shape index (κ3) is 3.64. The first-order valence-electron chi connectivity index (χ1n) is 9.47. The van der Waals surface area contributed by atoms with Gasteiger partial charge in [0, 0.05) is 10.8 Å². The fourth-order valence-corrected chi connectivity index (χ4v) is 7.49. The van der Waals surface area contributed by atoms with Gasteiger partial charge in [-0.2, -0.15) is 0 Å². The summed E-state index contributed by atoms with van der Waals surface area (Å²) in [6.45, 7) is -0.270. The summed E-state index contributed by atoms with van der Waals surface area (Å²) in [4.78, 5) is 22.5. The number of carboxylic acid groups (broad SMARTS) is 1. The van der Waals surface area contributed by atoms with Gasteiger partial charge in [-0.15, -0.1) is 23.2 Å². The van der Waals surface area contributed by atoms with Crippen molar-refractivity contribution >= 4 is 35.2 Å². The van der Waals surface area contributed by atoms with Crippen LogP contribution >= 0.6 is 23.2 Å². The van der Waals surface area contributed by atoms with Crippen LogP contribution in [0.15, 0.2) is 30.3 Å². The summed E-state index contributed by atoms with van der Waals surface area (Å²) in [5.74, 6) is 0.656. The monoisotopic (exact) mass is 410 g/mol. The SMILES string of the molecule is O=C(O)NCC(=O)NC(c1ccccc1)[C@H]1[C@H]2C[C@@H]3C[C@](Cl)(C2)C[C@@]1(Cl)C3. The smallest absolute Gasteiger partial charge is 0.405 e. The Labute approximate surface area is 168 Å². The highest BCUT2D eigenvalue weighted by Gasteiger charge is 2.63. The zero-order valence-electron chi connectivity index (χ0n) is 15.0. The minimum Gasteiger partial charge on any atom is -0.465 e. The van der Waals surface area contributed by atoms with Crippen LogP contribution in [0, 0.1) is 17.8 Å². The van der Waals surface area contributed by atoms with Crippen molar-refractivity contribution in [3.05, 3.63) is 35.9 Å². The highest BCUT2D eigenvalue weighted by molar-refractivity contribution is 6.28. The third-order valence-corrected chi connectivity index (χ3v) is 7.48. The summed E-state index contributed by atoms with van der Waals surface area (Å²) in [6, 6.07) is 9.58. The van der Waals surface area contributed by atoms with Crippen molar-refractivity contribution in [3.8, 4) is 0 Å². The topological polar surface area (TPSA) is 78.4 Å². The van der Waals surface area contributed by atoms with Gasteiger partial charge in [0.1, 0.15) is 6.54 Å². The summed E-state index contributed by atoms with van der Waals surface area (Å²) in [5.41, 5.74) is 1.00. The molecule has 0 aliphatic heterocycles. The number of carbonyl (C=O) groups is 2. The molecule has 0 saturated heterocycles. The summed E-state index contributed by atoms with van der Waals surface area (Å²) in [6.07, 6.45) is 3.53. The van der Waals surface area contributed by atoms with Crippen LogP contribution in [0.5, 0.6) is 0 Å². The predicted molar refractivity (Wildman–Crippen MR) is 104 cm³/mol. The molecule has 4 fully saturated rings. The van der Waals surface area contributed by atoms with Gasteiger partial charge in [-0.25, -0.2) is 4.79 Å². The summed E-state index contributed by atoms with van der Waals surface area (Å²) >= 11 is 14.1. The molecule has 0 aromatic heterocycles. The Balaban J connectivity index is 1.63. The van der Waals surface area contributed by atoms with Gasteiger partial charge in [0.25, 0.3) is 0 Å². The van der Waals surface area contributed by atoms with E-state index >= 15 is 0 Å². The van der Waals surface area contributed by atoms with Gasteiger partial charge in [0.2, 0.25) is 5.91 Å².